The molecule has 0 bridgehead atoms. The number of hydrogen-bond donors (Lipinski definition) is 0. The second-order valence-corrected chi connectivity index (χ2v) is 6.73. The third-order valence-corrected chi connectivity index (χ3v) is 4.50. The van der Waals surface area contributed by atoms with Gasteiger partial charge in [0.15, 0.2) is 0 Å². The lowest BCUT2D eigenvalue weighted by Crippen LogP contribution is -2.28. The summed E-state index contributed by atoms with van der Waals surface area (Å²) in [6.07, 6.45) is 16.7. The van der Waals surface area contributed by atoms with Crippen LogP contribution in [0.5, 0.6) is 0 Å². The van der Waals surface area contributed by atoms with Crippen LogP contribution in [0.4, 0.5) is 0 Å². The summed E-state index contributed by atoms with van der Waals surface area (Å²) >= 11 is 0. The number of ether oxygens (including phenoxy) is 1. The molecule has 0 aliphatic heterocycles. The van der Waals surface area contributed by atoms with Crippen molar-refractivity contribution < 1.29 is 19.5 Å². The van der Waals surface area contributed by atoms with Gasteiger partial charge in [0.2, 0.25) is 6.10 Å². The van der Waals surface area contributed by atoms with Gasteiger partial charge in [-0.25, -0.2) is 4.79 Å². The molecular formula is C19H37NO5. The lowest BCUT2D eigenvalue weighted by molar-refractivity contribution is -0.765. The number of esters is 1. The topological polar surface area (TPSA) is 78.7 Å². The summed E-state index contributed by atoms with van der Waals surface area (Å²) in [6, 6.07) is 0. The van der Waals surface area contributed by atoms with Crippen LogP contribution < -0.4 is 0 Å². The first kappa shape index (κ1) is 23.7. The zero-order chi connectivity index (χ0) is 18.8. The lowest BCUT2D eigenvalue weighted by atomic mass is 10.0. The number of methoxy groups -OCH3 is 1. The highest BCUT2D eigenvalue weighted by Crippen LogP contribution is 2.14. The Bertz CT molecular complexity index is 336. The van der Waals surface area contributed by atoms with Crippen LogP contribution in [0.2, 0.25) is 0 Å². The molecule has 0 aliphatic carbocycles. The normalized spacial score (nSPS) is 11.9. The highest BCUT2D eigenvalue weighted by molar-refractivity contribution is 5.74. The van der Waals surface area contributed by atoms with E-state index in [4.69, 9.17) is 0 Å². The Hall–Kier alpha value is -1.33. The molecule has 1 unspecified atom stereocenters. The fourth-order valence-electron chi connectivity index (χ4n) is 2.97. The smallest absolute Gasteiger partial charge is 0.334 e. The fourth-order valence-corrected chi connectivity index (χ4v) is 2.97. The molecule has 1 atom stereocenters. The zero-order valence-electron chi connectivity index (χ0n) is 16.2. The minimum atomic E-state index is -1.09. The number of nitrogens with zero attached hydrogens (tertiary/aromatic N) is 1. The van der Waals surface area contributed by atoms with E-state index >= 15 is 0 Å². The zero-order valence-corrected chi connectivity index (χ0v) is 16.2. The Balaban J connectivity index is 3.39. The van der Waals surface area contributed by atoms with Gasteiger partial charge in [-0.1, -0.05) is 96.8 Å². The van der Waals surface area contributed by atoms with E-state index in [2.05, 4.69) is 16.5 Å². The first-order valence-electron chi connectivity index (χ1n) is 10.0. The quantitative estimate of drug-likeness (QED) is 0.138. The van der Waals surface area contributed by atoms with Crippen molar-refractivity contribution in [2.24, 2.45) is 0 Å². The standard InChI is InChI=1S/C19H37NO5/c1-3-4-5-6-7-8-9-10-11-12-13-14-15-16-17-18(19(21)24-2)25-20(22)23/h18H,3-17H2,1-2H3. The van der Waals surface area contributed by atoms with Crippen molar-refractivity contribution in [2.75, 3.05) is 7.11 Å². The maximum Gasteiger partial charge on any atom is 0.334 e. The van der Waals surface area contributed by atoms with Crippen LogP contribution in [-0.2, 0) is 14.4 Å². The minimum absolute atomic E-state index is 0.339. The Morgan fingerprint density at radius 3 is 1.60 bits per heavy atom. The molecule has 0 spiro atoms. The molecular weight excluding hydrogens is 322 g/mol. The molecule has 6 nitrogen and oxygen atoms in total. The Kier molecular flexibility index (Phi) is 16.6. The fraction of sp³-hybridized carbons (Fsp3) is 0.947. The molecule has 148 valence electrons. The van der Waals surface area contributed by atoms with E-state index in [1.807, 2.05) is 0 Å². The summed E-state index contributed by atoms with van der Waals surface area (Å²) in [4.78, 5) is 26.1. The van der Waals surface area contributed by atoms with E-state index < -0.39 is 17.2 Å². The van der Waals surface area contributed by atoms with Crippen molar-refractivity contribution in [1.82, 2.24) is 0 Å². The maximum absolute atomic E-state index is 11.4. The highest BCUT2D eigenvalue weighted by Gasteiger charge is 2.22. The van der Waals surface area contributed by atoms with Gasteiger partial charge in [0.1, 0.15) is 0 Å². The number of hydrogen-bond acceptors (Lipinski definition) is 5. The van der Waals surface area contributed by atoms with E-state index in [1.54, 1.807) is 0 Å². The molecule has 0 aromatic rings. The maximum atomic E-state index is 11.4. The molecule has 0 fully saturated rings. The lowest BCUT2D eigenvalue weighted by Gasteiger charge is -2.12. The molecule has 0 saturated heterocycles. The van der Waals surface area contributed by atoms with E-state index in [0.29, 0.717) is 6.42 Å². The summed E-state index contributed by atoms with van der Waals surface area (Å²) in [7, 11) is 1.21. The van der Waals surface area contributed by atoms with Gasteiger partial charge in [-0.05, 0) is 6.42 Å². The number of carbonyl (C=O) groups excluding carboxylic acids is 1. The van der Waals surface area contributed by atoms with E-state index in [-0.39, 0.29) is 0 Å². The van der Waals surface area contributed by atoms with Crippen LogP contribution in [0.25, 0.3) is 0 Å². The van der Waals surface area contributed by atoms with E-state index in [9.17, 15) is 14.9 Å². The predicted molar refractivity (Wildman–Crippen MR) is 98.8 cm³/mol. The molecule has 0 heterocycles. The summed E-state index contributed by atoms with van der Waals surface area (Å²) < 4.78 is 4.51. The molecule has 0 amide bonds. The van der Waals surface area contributed by atoms with Gasteiger partial charge < -0.3 is 4.74 Å². The van der Waals surface area contributed by atoms with E-state index in [1.165, 1.54) is 77.7 Å². The first-order valence-corrected chi connectivity index (χ1v) is 10.0. The monoisotopic (exact) mass is 359 g/mol. The largest absolute Gasteiger partial charge is 0.467 e. The predicted octanol–water partition coefficient (Wildman–Crippen LogP) is 5.61. The first-order chi connectivity index (χ1) is 12.1. The van der Waals surface area contributed by atoms with Gasteiger partial charge in [-0.2, -0.15) is 0 Å². The van der Waals surface area contributed by atoms with Crippen molar-refractivity contribution in [2.45, 2.75) is 109 Å². The van der Waals surface area contributed by atoms with Crippen LogP contribution in [0.3, 0.4) is 0 Å². The SMILES string of the molecule is CCCCCCCCCCCCCCCCC(O[N+](=O)[O-])C(=O)OC. The minimum Gasteiger partial charge on any atom is -0.467 e. The molecule has 25 heavy (non-hydrogen) atoms. The van der Waals surface area contributed by atoms with Crippen LogP contribution in [-0.4, -0.2) is 24.3 Å². The van der Waals surface area contributed by atoms with Crippen molar-refractivity contribution in [3.63, 3.8) is 0 Å². The van der Waals surface area contributed by atoms with Gasteiger partial charge in [-0.3, -0.25) is 4.84 Å². The van der Waals surface area contributed by atoms with Gasteiger partial charge in [0.25, 0.3) is 5.09 Å². The Morgan fingerprint density at radius 2 is 1.24 bits per heavy atom. The van der Waals surface area contributed by atoms with Crippen LogP contribution >= 0.6 is 0 Å². The van der Waals surface area contributed by atoms with Gasteiger partial charge in [0.05, 0.1) is 7.11 Å². The van der Waals surface area contributed by atoms with Crippen LogP contribution in [0.1, 0.15) is 103 Å². The van der Waals surface area contributed by atoms with Gasteiger partial charge in [0, 0.05) is 0 Å². The number of carbonyl (C=O) groups is 1. The molecule has 0 rings (SSSR count). The third-order valence-electron chi connectivity index (χ3n) is 4.50. The molecule has 0 radical (unpaired) electrons. The van der Waals surface area contributed by atoms with Crippen molar-refractivity contribution in [1.29, 1.82) is 0 Å². The molecule has 0 aromatic carbocycles. The molecule has 0 saturated carbocycles. The molecule has 0 aromatic heterocycles. The van der Waals surface area contributed by atoms with Crippen LogP contribution in [0, 0.1) is 10.1 Å². The van der Waals surface area contributed by atoms with Crippen molar-refractivity contribution >= 4 is 5.97 Å². The molecule has 6 heteroatoms. The number of rotatable bonds is 18. The molecule has 0 N–H and O–H groups in total. The van der Waals surface area contributed by atoms with E-state index in [0.717, 1.165) is 19.3 Å². The Labute approximate surface area is 152 Å². The average Bonchev–Trinajstić information content (AvgIpc) is 2.60. The highest BCUT2D eigenvalue weighted by atomic mass is 17.0. The van der Waals surface area contributed by atoms with Gasteiger partial charge in [-0.15, -0.1) is 10.1 Å². The van der Waals surface area contributed by atoms with Crippen molar-refractivity contribution in [3.05, 3.63) is 10.1 Å². The molecule has 0 aliphatic rings. The summed E-state index contributed by atoms with van der Waals surface area (Å²) in [6.45, 7) is 2.25. The van der Waals surface area contributed by atoms with Crippen molar-refractivity contribution in [3.8, 4) is 0 Å². The summed E-state index contributed by atoms with van der Waals surface area (Å²) in [5.41, 5.74) is 0. The van der Waals surface area contributed by atoms with Gasteiger partial charge >= 0.3 is 5.97 Å². The summed E-state index contributed by atoms with van der Waals surface area (Å²) in [5.74, 6) is -0.675. The third kappa shape index (κ3) is 15.9. The summed E-state index contributed by atoms with van der Waals surface area (Å²) in [5, 5.41) is 9.43. The van der Waals surface area contributed by atoms with Crippen LogP contribution in [0.15, 0.2) is 0 Å². The second-order valence-electron chi connectivity index (χ2n) is 6.73. The Morgan fingerprint density at radius 1 is 0.840 bits per heavy atom. The average molecular weight is 360 g/mol. The second kappa shape index (κ2) is 17.5. The number of unbranched alkanes of at least 4 members (excludes halogenated alkanes) is 13.